The zero-order valence-corrected chi connectivity index (χ0v) is 9.95. The van der Waals surface area contributed by atoms with Gasteiger partial charge >= 0.3 is 11.8 Å². The first-order valence-corrected chi connectivity index (χ1v) is 5.30. The number of hydrogen-bond donors (Lipinski definition) is 2. The molecule has 0 aliphatic heterocycles. The summed E-state index contributed by atoms with van der Waals surface area (Å²) in [5.41, 5.74) is 1.07. The number of nitrogens with one attached hydrogen (secondary N) is 2. The van der Waals surface area contributed by atoms with Crippen LogP contribution in [0.4, 0.5) is 0 Å². The molecule has 0 spiro atoms. The lowest BCUT2D eigenvalue weighted by Gasteiger charge is -2.05. The minimum Gasteiger partial charge on any atom is -0.497 e. The van der Waals surface area contributed by atoms with Gasteiger partial charge in [-0.05, 0) is 24.1 Å². The number of rotatable bonds is 4. The Morgan fingerprint density at radius 2 is 1.82 bits per heavy atom. The first kappa shape index (κ1) is 13.0. The van der Waals surface area contributed by atoms with Gasteiger partial charge in [-0.3, -0.25) is 9.59 Å². The molecule has 1 aromatic rings. The number of likely N-dealkylation sites (N-methyl/N-ethyl adjacent to an activating group) is 1. The van der Waals surface area contributed by atoms with Crippen molar-refractivity contribution in [2.24, 2.45) is 0 Å². The fourth-order valence-electron chi connectivity index (χ4n) is 1.31. The molecule has 5 nitrogen and oxygen atoms in total. The lowest BCUT2D eigenvalue weighted by atomic mass is 10.1. The zero-order valence-electron chi connectivity index (χ0n) is 9.95. The van der Waals surface area contributed by atoms with E-state index in [4.69, 9.17) is 4.74 Å². The number of hydrogen-bond acceptors (Lipinski definition) is 3. The van der Waals surface area contributed by atoms with Crippen LogP contribution in [0.1, 0.15) is 5.56 Å². The minimum absolute atomic E-state index is 0.429. The van der Waals surface area contributed by atoms with Crippen LogP contribution in [0.2, 0.25) is 0 Å². The summed E-state index contributed by atoms with van der Waals surface area (Å²) in [7, 11) is 3.03. The minimum atomic E-state index is -0.625. The second-order valence-corrected chi connectivity index (χ2v) is 3.43. The SMILES string of the molecule is CNC(=O)C(=O)NCCc1ccc(OC)cc1. The third-order valence-electron chi connectivity index (χ3n) is 2.29. The quantitative estimate of drug-likeness (QED) is 0.729. The van der Waals surface area contributed by atoms with Gasteiger partial charge in [0.1, 0.15) is 5.75 Å². The van der Waals surface area contributed by atoms with E-state index in [1.54, 1.807) is 7.11 Å². The van der Waals surface area contributed by atoms with Crippen LogP contribution in [-0.2, 0) is 16.0 Å². The van der Waals surface area contributed by atoms with Crippen LogP contribution >= 0.6 is 0 Å². The molecule has 0 heterocycles. The summed E-state index contributed by atoms with van der Waals surface area (Å²) in [5.74, 6) is -0.441. The highest BCUT2D eigenvalue weighted by molar-refractivity contribution is 6.34. The van der Waals surface area contributed by atoms with Crippen molar-refractivity contribution in [1.82, 2.24) is 10.6 Å². The summed E-state index contributed by atoms with van der Waals surface area (Å²) in [5, 5.41) is 4.79. The lowest BCUT2D eigenvalue weighted by molar-refractivity contribution is -0.138. The Hall–Kier alpha value is -2.04. The average Bonchev–Trinajstić information content (AvgIpc) is 2.38. The molecule has 0 aliphatic carbocycles. The Bertz CT molecular complexity index is 387. The Balaban J connectivity index is 2.35. The van der Waals surface area contributed by atoms with E-state index in [1.807, 2.05) is 24.3 Å². The second-order valence-electron chi connectivity index (χ2n) is 3.43. The van der Waals surface area contributed by atoms with Crippen LogP contribution in [0.3, 0.4) is 0 Å². The molecular weight excluding hydrogens is 220 g/mol. The summed E-state index contributed by atoms with van der Waals surface area (Å²) >= 11 is 0. The highest BCUT2D eigenvalue weighted by atomic mass is 16.5. The highest BCUT2D eigenvalue weighted by Crippen LogP contribution is 2.11. The van der Waals surface area contributed by atoms with Gasteiger partial charge < -0.3 is 15.4 Å². The van der Waals surface area contributed by atoms with Gasteiger partial charge in [0.25, 0.3) is 0 Å². The molecule has 0 aromatic heterocycles. The predicted molar refractivity (Wildman–Crippen MR) is 63.8 cm³/mol. The number of amides is 2. The molecular formula is C12H16N2O3. The standard InChI is InChI=1S/C12H16N2O3/c1-13-11(15)12(16)14-8-7-9-3-5-10(17-2)6-4-9/h3-6H,7-8H2,1-2H3,(H,13,15)(H,14,16). The molecule has 2 amide bonds. The number of benzene rings is 1. The van der Waals surface area contributed by atoms with E-state index >= 15 is 0 Å². The van der Waals surface area contributed by atoms with E-state index in [0.29, 0.717) is 13.0 Å². The summed E-state index contributed by atoms with van der Waals surface area (Å²) in [6, 6.07) is 7.56. The van der Waals surface area contributed by atoms with Crippen LogP contribution in [-0.4, -0.2) is 32.5 Å². The highest BCUT2D eigenvalue weighted by Gasteiger charge is 2.09. The first-order chi connectivity index (χ1) is 8.17. The molecule has 0 bridgehead atoms. The van der Waals surface area contributed by atoms with E-state index in [9.17, 15) is 9.59 Å². The predicted octanol–water partition coefficient (Wildman–Crippen LogP) is 0.0999. The smallest absolute Gasteiger partial charge is 0.309 e. The molecule has 2 N–H and O–H groups in total. The van der Waals surface area contributed by atoms with Crippen molar-refractivity contribution >= 4 is 11.8 Å². The van der Waals surface area contributed by atoms with E-state index in [2.05, 4.69) is 10.6 Å². The van der Waals surface area contributed by atoms with Crippen molar-refractivity contribution in [3.63, 3.8) is 0 Å². The molecule has 0 atom stereocenters. The summed E-state index contributed by atoms with van der Waals surface area (Å²) in [4.78, 5) is 22.0. The van der Waals surface area contributed by atoms with Gasteiger partial charge in [0, 0.05) is 13.6 Å². The van der Waals surface area contributed by atoms with Crippen molar-refractivity contribution in [3.05, 3.63) is 29.8 Å². The van der Waals surface area contributed by atoms with E-state index in [1.165, 1.54) is 7.05 Å². The van der Waals surface area contributed by atoms with Crippen molar-refractivity contribution in [2.75, 3.05) is 20.7 Å². The van der Waals surface area contributed by atoms with Crippen molar-refractivity contribution in [2.45, 2.75) is 6.42 Å². The Kier molecular flexibility index (Phi) is 5.00. The first-order valence-electron chi connectivity index (χ1n) is 5.30. The number of carbonyl (C=O) groups is 2. The fraction of sp³-hybridized carbons (Fsp3) is 0.333. The van der Waals surface area contributed by atoms with Crippen LogP contribution < -0.4 is 15.4 Å². The average molecular weight is 236 g/mol. The van der Waals surface area contributed by atoms with Gasteiger partial charge in [0.15, 0.2) is 0 Å². The molecule has 5 heteroatoms. The van der Waals surface area contributed by atoms with Crippen LogP contribution in [0.25, 0.3) is 0 Å². The summed E-state index contributed by atoms with van der Waals surface area (Å²) < 4.78 is 5.04. The monoisotopic (exact) mass is 236 g/mol. The summed E-state index contributed by atoms with van der Waals surface area (Å²) in [6.07, 6.45) is 0.673. The lowest BCUT2D eigenvalue weighted by Crippen LogP contribution is -2.38. The molecule has 0 fully saturated rings. The van der Waals surface area contributed by atoms with Gasteiger partial charge in [0.2, 0.25) is 0 Å². The maximum atomic E-state index is 11.1. The molecule has 0 radical (unpaired) electrons. The Morgan fingerprint density at radius 1 is 1.18 bits per heavy atom. The molecule has 0 saturated heterocycles. The van der Waals surface area contributed by atoms with Crippen molar-refractivity contribution < 1.29 is 14.3 Å². The molecule has 1 aromatic carbocycles. The number of carbonyl (C=O) groups excluding carboxylic acids is 2. The molecule has 0 aliphatic rings. The fourth-order valence-corrected chi connectivity index (χ4v) is 1.31. The summed E-state index contributed by atoms with van der Waals surface area (Å²) in [6.45, 7) is 0.429. The topological polar surface area (TPSA) is 67.4 Å². The third kappa shape index (κ3) is 4.14. The van der Waals surface area contributed by atoms with Crippen LogP contribution in [0.5, 0.6) is 5.75 Å². The third-order valence-corrected chi connectivity index (χ3v) is 2.29. The molecule has 0 saturated carbocycles. The van der Waals surface area contributed by atoms with Gasteiger partial charge in [0.05, 0.1) is 7.11 Å². The van der Waals surface area contributed by atoms with Crippen LogP contribution in [0.15, 0.2) is 24.3 Å². The van der Waals surface area contributed by atoms with Crippen molar-refractivity contribution in [1.29, 1.82) is 0 Å². The number of ether oxygens (including phenoxy) is 1. The van der Waals surface area contributed by atoms with Gasteiger partial charge in [-0.2, -0.15) is 0 Å². The largest absolute Gasteiger partial charge is 0.497 e. The van der Waals surface area contributed by atoms with Gasteiger partial charge in [-0.1, -0.05) is 12.1 Å². The maximum Gasteiger partial charge on any atom is 0.309 e. The van der Waals surface area contributed by atoms with Crippen molar-refractivity contribution in [3.8, 4) is 5.75 Å². The van der Waals surface area contributed by atoms with E-state index < -0.39 is 11.8 Å². The van der Waals surface area contributed by atoms with Gasteiger partial charge in [-0.15, -0.1) is 0 Å². The molecule has 0 unspecified atom stereocenters. The van der Waals surface area contributed by atoms with Gasteiger partial charge in [-0.25, -0.2) is 0 Å². The maximum absolute atomic E-state index is 11.1. The molecule has 92 valence electrons. The van der Waals surface area contributed by atoms with E-state index in [0.717, 1.165) is 11.3 Å². The van der Waals surface area contributed by atoms with E-state index in [-0.39, 0.29) is 0 Å². The second kappa shape index (κ2) is 6.52. The Morgan fingerprint density at radius 3 is 2.35 bits per heavy atom. The molecule has 1 rings (SSSR count). The Labute approximate surface area is 100 Å². The molecule has 17 heavy (non-hydrogen) atoms. The number of methoxy groups -OCH3 is 1. The zero-order chi connectivity index (χ0) is 12.7. The van der Waals surface area contributed by atoms with Crippen LogP contribution in [0, 0.1) is 0 Å². The normalized spacial score (nSPS) is 9.53.